The molecule has 3 aliphatic heterocycles. The third-order valence-electron chi connectivity index (χ3n) is 6.84. The van der Waals surface area contributed by atoms with Crippen LogP contribution in [0.1, 0.15) is 24.0 Å². The van der Waals surface area contributed by atoms with Crippen molar-refractivity contribution in [3.05, 3.63) is 59.7 Å². The zero-order chi connectivity index (χ0) is 19.9. The smallest absolute Gasteiger partial charge is 0.119 e. The summed E-state index contributed by atoms with van der Waals surface area (Å²) < 4.78 is 0. The van der Waals surface area contributed by atoms with Crippen molar-refractivity contribution in [2.24, 2.45) is 11.8 Å². The van der Waals surface area contributed by atoms with Crippen LogP contribution in [0.25, 0.3) is 0 Å². The first-order valence-electron chi connectivity index (χ1n) is 10.4. The van der Waals surface area contributed by atoms with Crippen molar-refractivity contribution in [3.8, 4) is 0 Å². The van der Waals surface area contributed by atoms with Gasteiger partial charge in [-0.3, -0.25) is 0 Å². The van der Waals surface area contributed by atoms with E-state index in [1.807, 2.05) is 0 Å². The van der Waals surface area contributed by atoms with Gasteiger partial charge in [0.15, 0.2) is 0 Å². The van der Waals surface area contributed by atoms with Crippen LogP contribution in [0.4, 0.5) is 11.4 Å². The Morgan fingerprint density at radius 1 is 0.793 bits per heavy atom. The first-order valence-corrected chi connectivity index (χ1v) is 10.4. The van der Waals surface area contributed by atoms with E-state index in [-0.39, 0.29) is 18.3 Å². The Kier molecular flexibility index (Phi) is 6.47. The fourth-order valence-corrected chi connectivity index (χ4v) is 5.06. The molecule has 1 atom stereocenters. The van der Waals surface area contributed by atoms with E-state index in [0.29, 0.717) is 5.92 Å². The standard InChI is InChI=1S/C24H33N3O.ClH/c1-25(2)21-9-5-19(6-10-21)24(28,20-7-11-22(12-8-20)26(3)4)23-17-27-15-13-18(23)14-16-27;/h5-12,18,23,28H,13-17H2,1-4H3;1H. The van der Waals surface area contributed by atoms with Crippen molar-refractivity contribution in [2.75, 3.05) is 57.6 Å². The lowest BCUT2D eigenvalue weighted by Gasteiger charge is -2.51. The van der Waals surface area contributed by atoms with Crippen LogP contribution in [0.15, 0.2) is 48.5 Å². The van der Waals surface area contributed by atoms with Gasteiger partial charge in [-0.1, -0.05) is 24.3 Å². The number of fused-ring (bicyclic) bond motifs is 3. The molecule has 0 aromatic heterocycles. The monoisotopic (exact) mass is 415 g/mol. The van der Waals surface area contributed by atoms with E-state index in [4.69, 9.17) is 0 Å². The summed E-state index contributed by atoms with van der Waals surface area (Å²) >= 11 is 0. The Bertz CT molecular complexity index is 744. The molecular formula is C24H34ClN3O. The Morgan fingerprint density at radius 3 is 1.52 bits per heavy atom. The minimum absolute atomic E-state index is 0. The lowest BCUT2D eigenvalue weighted by atomic mass is 9.65. The van der Waals surface area contributed by atoms with Crippen LogP contribution in [0, 0.1) is 11.8 Å². The topological polar surface area (TPSA) is 30.0 Å². The summed E-state index contributed by atoms with van der Waals surface area (Å²) in [4.78, 5) is 6.73. The van der Waals surface area contributed by atoms with E-state index in [0.717, 1.165) is 29.0 Å². The van der Waals surface area contributed by atoms with Crippen molar-refractivity contribution >= 4 is 23.8 Å². The average molecular weight is 416 g/mol. The van der Waals surface area contributed by atoms with Crippen LogP contribution in [0.5, 0.6) is 0 Å². The molecule has 0 radical (unpaired) electrons. The molecule has 2 bridgehead atoms. The van der Waals surface area contributed by atoms with E-state index in [1.165, 1.54) is 25.9 Å². The van der Waals surface area contributed by atoms with E-state index in [2.05, 4.69) is 91.4 Å². The third-order valence-corrected chi connectivity index (χ3v) is 6.84. The maximum absolute atomic E-state index is 12.3. The maximum Gasteiger partial charge on any atom is 0.119 e. The van der Waals surface area contributed by atoms with E-state index in [9.17, 15) is 5.11 Å². The first kappa shape index (κ1) is 21.9. The average Bonchev–Trinajstić information content (AvgIpc) is 2.74. The van der Waals surface area contributed by atoms with Gasteiger partial charge >= 0.3 is 0 Å². The predicted octanol–water partition coefficient (Wildman–Crippen LogP) is 3.82. The summed E-state index contributed by atoms with van der Waals surface area (Å²) in [5.41, 5.74) is 3.37. The highest BCUT2D eigenvalue weighted by atomic mass is 35.5. The highest BCUT2D eigenvalue weighted by Crippen LogP contribution is 2.47. The van der Waals surface area contributed by atoms with Gasteiger partial charge < -0.3 is 19.8 Å². The van der Waals surface area contributed by atoms with Crippen LogP contribution in [0.2, 0.25) is 0 Å². The highest BCUT2D eigenvalue weighted by Gasteiger charge is 2.48. The number of anilines is 2. The zero-order valence-electron chi connectivity index (χ0n) is 18.0. The SMILES string of the molecule is CN(C)c1ccc(C(O)(c2ccc(N(C)C)cc2)C2CN3CCC2CC3)cc1.Cl. The van der Waals surface area contributed by atoms with E-state index < -0.39 is 5.60 Å². The molecule has 1 unspecified atom stereocenters. The van der Waals surface area contributed by atoms with Gasteiger partial charge in [-0.15, -0.1) is 12.4 Å². The summed E-state index contributed by atoms with van der Waals surface area (Å²) in [6, 6.07) is 17.0. The Labute approximate surface area is 181 Å². The van der Waals surface area contributed by atoms with Gasteiger partial charge in [0.1, 0.15) is 5.60 Å². The molecule has 0 amide bonds. The first-order chi connectivity index (χ1) is 13.4. The van der Waals surface area contributed by atoms with Crippen molar-refractivity contribution in [3.63, 3.8) is 0 Å². The lowest BCUT2D eigenvalue weighted by molar-refractivity contribution is -0.0764. The number of benzene rings is 2. The van der Waals surface area contributed by atoms with Gasteiger partial charge in [0, 0.05) is 52.0 Å². The molecule has 3 saturated heterocycles. The number of hydrogen-bond acceptors (Lipinski definition) is 4. The molecule has 3 fully saturated rings. The fourth-order valence-electron chi connectivity index (χ4n) is 5.06. The molecular weight excluding hydrogens is 382 g/mol. The summed E-state index contributed by atoms with van der Waals surface area (Å²) in [6.07, 6.45) is 2.39. The lowest BCUT2D eigenvalue weighted by Crippen LogP contribution is -2.55. The number of nitrogens with zero attached hydrogens (tertiary/aromatic N) is 3. The number of halogens is 1. The summed E-state index contributed by atoms with van der Waals surface area (Å²) in [5, 5.41) is 12.3. The Morgan fingerprint density at radius 2 is 1.21 bits per heavy atom. The second-order valence-corrected chi connectivity index (χ2v) is 8.89. The summed E-state index contributed by atoms with van der Waals surface area (Å²) in [7, 11) is 8.20. The molecule has 5 rings (SSSR count). The summed E-state index contributed by atoms with van der Waals surface area (Å²) in [5.74, 6) is 0.808. The van der Waals surface area contributed by atoms with Crippen LogP contribution < -0.4 is 9.80 Å². The molecule has 5 heteroatoms. The van der Waals surface area contributed by atoms with Crippen molar-refractivity contribution < 1.29 is 5.11 Å². The van der Waals surface area contributed by atoms with Gasteiger partial charge in [-0.25, -0.2) is 0 Å². The van der Waals surface area contributed by atoms with Gasteiger partial charge in [0.05, 0.1) is 0 Å². The minimum Gasteiger partial charge on any atom is -0.380 e. The molecule has 0 spiro atoms. The van der Waals surface area contributed by atoms with Crippen LogP contribution >= 0.6 is 12.4 Å². The molecule has 2 aromatic carbocycles. The molecule has 29 heavy (non-hydrogen) atoms. The van der Waals surface area contributed by atoms with Crippen molar-refractivity contribution in [1.29, 1.82) is 0 Å². The molecule has 1 N–H and O–H groups in total. The van der Waals surface area contributed by atoms with Gasteiger partial charge in [0.2, 0.25) is 0 Å². The Balaban J connectivity index is 0.00000240. The molecule has 0 aliphatic carbocycles. The largest absolute Gasteiger partial charge is 0.380 e. The maximum atomic E-state index is 12.3. The zero-order valence-corrected chi connectivity index (χ0v) is 18.8. The number of aliphatic hydroxyl groups is 1. The number of hydrogen-bond donors (Lipinski definition) is 1. The molecule has 158 valence electrons. The second-order valence-electron chi connectivity index (χ2n) is 8.89. The predicted molar refractivity (Wildman–Crippen MR) is 124 cm³/mol. The summed E-state index contributed by atoms with van der Waals surface area (Å²) in [6.45, 7) is 3.33. The highest BCUT2D eigenvalue weighted by molar-refractivity contribution is 5.85. The molecule has 3 aliphatic rings. The number of piperidine rings is 3. The molecule has 4 nitrogen and oxygen atoms in total. The molecule has 0 saturated carbocycles. The van der Waals surface area contributed by atoms with Gasteiger partial charge in [-0.05, 0) is 67.2 Å². The van der Waals surface area contributed by atoms with Crippen molar-refractivity contribution in [2.45, 2.75) is 18.4 Å². The quantitative estimate of drug-likeness (QED) is 0.804. The van der Waals surface area contributed by atoms with Crippen LogP contribution in [-0.4, -0.2) is 57.8 Å². The number of rotatable bonds is 5. The second kappa shape index (κ2) is 8.55. The minimum atomic E-state index is -0.959. The van der Waals surface area contributed by atoms with Crippen LogP contribution in [0.3, 0.4) is 0 Å². The van der Waals surface area contributed by atoms with Crippen molar-refractivity contribution in [1.82, 2.24) is 4.90 Å². The van der Waals surface area contributed by atoms with E-state index >= 15 is 0 Å². The Hall–Kier alpha value is -1.75. The van der Waals surface area contributed by atoms with E-state index in [1.54, 1.807) is 0 Å². The van der Waals surface area contributed by atoms with Gasteiger partial charge in [0.25, 0.3) is 0 Å². The normalized spacial score (nSPS) is 23.4. The fraction of sp³-hybridized carbons (Fsp3) is 0.500. The van der Waals surface area contributed by atoms with Gasteiger partial charge in [-0.2, -0.15) is 0 Å². The molecule has 3 heterocycles. The third kappa shape index (κ3) is 3.98. The molecule has 2 aromatic rings. The van der Waals surface area contributed by atoms with Crippen LogP contribution in [-0.2, 0) is 5.60 Å².